The minimum atomic E-state index is -1.16. The molecular formula is C12H21FN2S. The standard InChI is InChI=1S/C10H14FNS.C2H7N/c1-13(11)10(8-12)7-9-5-3-2-4-6-9;1-3-2/h2-6H,7-8,12H2,1H3;3H,1-2H3. The lowest BCUT2D eigenvalue weighted by atomic mass is 10.1. The van der Waals surface area contributed by atoms with Crippen LogP contribution in [0.5, 0.6) is 0 Å². The molecule has 0 saturated heterocycles. The van der Waals surface area contributed by atoms with Crippen LogP contribution in [0.1, 0.15) is 5.56 Å². The molecule has 0 spiro atoms. The van der Waals surface area contributed by atoms with Gasteiger partial charge in [-0.2, -0.15) is 3.89 Å². The third-order valence-electron chi connectivity index (χ3n) is 1.87. The molecule has 4 heteroatoms. The number of rotatable bonds is 3. The number of benzene rings is 1. The minimum absolute atomic E-state index is 0.338. The maximum absolute atomic E-state index is 13.0. The zero-order valence-corrected chi connectivity index (χ0v) is 11.0. The first-order valence-corrected chi connectivity index (χ1v) is 6.68. The molecule has 0 fully saturated rings. The van der Waals surface area contributed by atoms with Crippen molar-refractivity contribution < 1.29 is 3.89 Å². The number of nitrogens with one attached hydrogen (secondary N) is 1. The van der Waals surface area contributed by atoms with E-state index in [2.05, 4.69) is 5.32 Å². The van der Waals surface area contributed by atoms with Crippen LogP contribution in [-0.4, -0.2) is 31.8 Å². The Bertz CT molecular complexity index is 308. The highest BCUT2D eigenvalue weighted by Crippen LogP contribution is 2.13. The smallest absolute Gasteiger partial charge is 0.0219 e. The molecule has 0 amide bonds. The molecule has 0 aliphatic carbocycles. The Kier molecular flexibility index (Phi) is 9.09. The molecule has 1 unspecified atom stereocenters. The van der Waals surface area contributed by atoms with Gasteiger partial charge in [0.15, 0.2) is 0 Å². The molecule has 0 aliphatic rings. The molecule has 0 aromatic heterocycles. The number of nitrogens with two attached hydrogens (primary N) is 1. The summed E-state index contributed by atoms with van der Waals surface area (Å²) in [6, 6.07) is 9.84. The van der Waals surface area contributed by atoms with Gasteiger partial charge in [-0.25, -0.2) is 0 Å². The molecule has 1 atom stereocenters. The van der Waals surface area contributed by atoms with E-state index < -0.39 is 10.9 Å². The van der Waals surface area contributed by atoms with Crippen molar-refractivity contribution in [1.82, 2.24) is 5.32 Å². The molecule has 1 aromatic rings. The van der Waals surface area contributed by atoms with Crippen molar-refractivity contribution in [2.45, 2.75) is 6.42 Å². The number of halogens is 1. The van der Waals surface area contributed by atoms with Crippen molar-refractivity contribution >= 4 is 15.7 Å². The molecule has 1 rings (SSSR count). The van der Waals surface area contributed by atoms with E-state index in [4.69, 9.17) is 5.73 Å². The first kappa shape index (κ1) is 15.3. The monoisotopic (exact) mass is 244 g/mol. The topological polar surface area (TPSA) is 38.0 Å². The molecule has 92 valence electrons. The molecule has 1 aromatic carbocycles. The van der Waals surface area contributed by atoms with Gasteiger partial charge in [-0.15, -0.1) is 0 Å². The third-order valence-corrected chi connectivity index (χ3v) is 2.98. The summed E-state index contributed by atoms with van der Waals surface area (Å²) in [5, 5.41) is 2.75. The summed E-state index contributed by atoms with van der Waals surface area (Å²) in [5.41, 5.74) is 6.58. The zero-order chi connectivity index (χ0) is 12.4. The van der Waals surface area contributed by atoms with Crippen LogP contribution >= 0.6 is 10.9 Å². The van der Waals surface area contributed by atoms with E-state index in [0.29, 0.717) is 13.0 Å². The van der Waals surface area contributed by atoms with Gasteiger partial charge in [0.05, 0.1) is 0 Å². The molecule has 16 heavy (non-hydrogen) atoms. The zero-order valence-electron chi connectivity index (χ0n) is 10.2. The molecular weight excluding hydrogens is 223 g/mol. The van der Waals surface area contributed by atoms with Crippen molar-refractivity contribution in [3.63, 3.8) is 0 Å². The highest BCUT2D eigenvalue weighted by atomic mass is 32.2. The molecule has 0 saturated carbocycles. The maximum Gasteiger partial charge on any atom is 0.0219 e. The quantitative estimate of drug-likeness (QED) is 0.798. The summed E-state index contributed by atoms with van der Waals surface area (Å²) in [4.78, 5) is 0.784. The summed E-state index contributed by atoms with van der Waals surface area (Å²) in [6.07, 6.45) is 2.22. The van der Waals surface area contributed by atoms with Gasteiger partial charge < -0.3 is 11.1 Å². The molecule has 0 radical (unpaired) electrons. The summed E-state index contributed by atoms with van der Waals surface area (Å²) in [5.74, 6) is 0. The SMILES string of the molecule is C/S(F)=C(/CN)Cc1ccccc1.CNC. The Labute approximate surface area is 100 Å². The largest absolute Gasteiger partial charge is 0.326 e. The predicted octanol–water partition coefficient (Wildman–Crippen LogP) is 1.98. The van der Waals surface area contributed by atoms with Crippen molar-refractivity contribution in [2.75, 3.05) is 26.9 Å². The minimum Gasteiger partial charge on any atom is -0.326 e. The fraction of sp³-hybridized carbons (Fsp3) is 0.417. The molecule has 0 heterocycles. The van der Waals surface area contributed by atoms with Gasteiger partial charge in [0.1, 0.15) is 0 Å². The molecule has 0 bridgehead atoms. The molecule has 0 aliphatic heterocycles. The van der Waals surface area contributed by atoms with Crippen molar-refractivity contribution in [1.29, 1.82) is 0 Å². The Morgan fingerprint density at radius 3 is 2.19 bits per heavy atom. The number of hydrogen-bond acceptors (Lipinski definition) is 2. The summed E-state index contributed by atoms with van der Waals surface area (Å²) in [7, 11) is 2.59. The summed E-state index contributed by atoms with van der Waals surface area (Å²) < 4.78 is 13.0. The molecule has 3 N–H and O–H groups in total. The van der Waals surface area contributed by atoms with Crippen molar-refractivity contribution in [2.24, 2.45) is 5.73 Å². The Morgan fingerprint density at radius 2 is 1.81 bits per heavy atom. The Balaban J connectivity index is 0.000000673. The van der Waals surface area contributed by atoms with E-state index in [1.807, 2.05) is 44.4 Å². The lowest BCUT2D eigenvalue weighted by molar-refractivity contribution is 0.938. The highest BCUT2D eigenvalue weighted by molar-refractivity contribution is 8.11. The van der Waals surface area contributed by atoms with Crippen molar-refractivity contribution in [3.8, 4) is 0 Å². The van der Waals surface area contributed by atoms with Crippen LogP contribution in [0.25, 0.3) is 0 Å². The van der Waals surface area contributed by atoms with E-state index in [1.54, 1.807) is 6.26 Å². The van der Waals surface area contributed by atoms with E-state index >= 15 is 0 Å². The average Bonchev–Trinajstić information content (AvgIpc) is 2.28. The van der Waals surface area contributed by atoms with Gasteiger partial charge in [-0.3, -0.25) is 0 Å². The maximum atomic E-state index is 13.0. The van der Waals surface area contributed by atoms with E-state index in [-0.39, 0.29) is 0 Å². The van der Waals surface area contributed by atoms with Crippen LogP contribution in [0, 0.1) is 0 Å². The van der Waals surface area contributed by atoms with E-state index in [1.165, 1.54) is 0 Å². The highest BCUT2D eigenvalue weighted by Gasteiger charge is 2.00. The third kappa shape index (κ3) is 6.71. The van der Waals surface area contributed by atoms with Crippen LogP contribution in [0.15, 0.2) is 30.3 Å². The van der Waals surface area contributed by atoms with Crippen LogP contribution in [0.3, 0.4) is 0 Å². The lowest BCUT2D eigenvalue weighted by Crippen LogP contribution is -2.15. The fourth-order valence-corrected chi connectivity index (χ4v) is 1.71. The number of hydrogen-bond donors (Lipinski definition) is 2. The van der Waals surface area contributed by atoms with Gasteiger partial charge in [-0.1, -0.05) is 30.3 Å². The summed E-state index contributed by atoms with van der Waals surface area (Å²) >= 11 is 0. The van der Waals surface area contributed by atoms with Gasteiger partial charge in [0.2, 0.25) is 0 Å². The van der Waals surface area contributed by atoms with Crippen LogP contribution in [0.2, 0.25) is 0 Å². The fourth-order valence-electron chi connectivity index (χ4n) is 1.11. The van der Waals surface area contributed by atoms with Crippen LogP contribution in [0.4, 0.5) is 3.89 Å². The second-order valence-electron chi connectivity index (χ2n) is 3.34. The second-order valence-corrected chi connectivity index (χ2v) is 4.79. The van der Waals surface area contributed by atoms with Gasteiger partial charge in [0, 0.05) is 24.1 Å². The first-order chi connectivity index (χ1) is 7.65. The predicted molar refractivity (Wildman–Crippen MR) is 73.8 cm³/mol. The normalized spacial score (nSPS) is 12.4. The van der Waals surface area contributed by atoms with Gasteiger partial charge in [0.25, 0.3) is 0 Å². The van der Waals surface area contributed by atoms with Crippen LogP contribution < -0.4 is 11.1 Å². The summed E-state index contributed by atoms with van der Waals surface area (Å²) in [6.45, 7) is 0.338. The van der Waals surface area contributed by atoms with Gasteiger partial charge >= 0.3 is 0 Å². The Hall–Kier alpha value is -0.710. The van der Waals surface area contributed by atoms with Crippen molar-refractivity contribution in [3.05, 3.63) is 35.9 Å². The Morgan fingerprint density at radius 1 is 1.31 bits per heavy atom. The van der Waals surface area contributed by atoms with E-state index in [0.717, 1.165) is 10.4 Å². The first-order valence-electron chi connectivity index (χ1n) is 5.15. The van der Waals surface area contributed by atoms with E-state index in [9.17, 15) is 3.89 Å². The average molecular weight is 244 g/mol. The molecule has 2 nitrogen and oxygen atoms in total. The van der Waals surface area contributed by atoms with Crippen LogP contribution in [-0.2, 0) is 6.42 Å². The van der Waals surface area contributed by atoms with Gasteiger partial charge in [-0.05, 0) is 30.5 Å². The second kappa shape index (κ2) is 9.51. The lowest BCUT2D eigenvalue weighted by Gasteiger charge is -2.04.